The van der Waals surface area contributed by atoms with E-state index in [1.165, 1.54) is 14.2 Å². The fourth-order valence-electron chi connectivity index (χ4n) is 1.89. The van der Waals surface area contributed by atoms with Crippen LogP contribution in [-0.4, -0.2) is 38.4 Å². The van der Waals surface area contributed by atoms with Gasteiger partial charge in [-0.3, -0.25) is 14.4 Å². The minimum absolute atomic E-state index is 0.0326. The first kappa shape index (κ1) is 17.7. The smallest absolute Gasteiger partial charge is 0.305 e. The molecule has 0 saturated carbocycles. The van der Waals surface area contributed by atoms with Crippen LogP contribution in [0.2, 0.25) is 0 Å². The topological polar surface area (TPSA) is 81.7 Å². The molecule has 0 saturated heterocycles. The average Bonchev–Trinajstić information content (AvgIpc) is 2.56. The van der Waals surface area contributed by atoms with Gasteiger partial charge < -0.3 is 14.8 Å². The van der Waals surface area contributed by atoms with Gasteiger partial charge in [-0.1, -0.05) is 12.1 Å². The molecular weight excluding hydrogens is 286 g/mol. The Morgan fingerprint density at radius 3 is 2.41 bits per heavy atom. The van der Waals surface area contributed by atoms with Crippen LogP contribution in [0.15, 0.2) is 24.3 Å². The highest BCUT2D eigenvalue weighted by molar-refractivity contribution is 5.98. The molecule has 0 heterocycles. The number of methoxy groups -OCH3 is 2. The molecule has 0 bridgehead atoms. The van der Waals surface area contributed by atoms with Crippen LogP contribution in [0.3, 0.4) is 0 Å². The molecule has 0 atom stereocenters. The van der Waals surface area contributed by atoms with Crippen LogP contribution in [0.25, 0.3) is 0 Å². The van der Waals surface area contributed by atoms with Gasteiger partial charge in [-0.2, -0.15) is 0 Å². The molecule has 1 aromatic carbocycles. The number of carbonyl (C=O) groups excluding carboxylic acids is 3. The third-order valence-corrected chi connectivity index (χ3v) is 3.11. The minimum atomic E-state index is -0.347. The van der Waals surface area contributed by atoms with E-state index in [0.717, 1.165) is 0 Å². The van der Waals surface area contributed by atoms with E-state index >= 15 is 0 Å². The number of nitrogens with one attached hydrogen (secondary N) is 1. The molecule has 0 aliphatic heterocycles. The Kier molecular flexibility index (Phi) is 7.67. The van der Waals surface area contributed by atoms with E-state index in [9.17, 15) is 14.4 Å². The lowest BCUT2D eigenvalue weighted by molar-refractivity contribution is -0.140. The van der Waals surface area contributed by atoms with Gasteiger partial charge in [-0.25, -0.2) is 0 Å². The molecule has 22 heavy (non-hydrogen) atoms. The number of benzene rings is 1. The number of hydrogen-bond acceptors (Lipinski definition) is 5. The van der Waals surface area contributed by atoms with Gasteiger partial charge >= 0.3 is 5.97 Å². The van der Waals surface area contributed by atoms with Crippen molar-refractivity contribution in [2.75, 3.05) is 20.8 Å². The summed E-state index contributed by atoms with van der Waals surface area (Å²) in [4.78, 5) is 34.6. The lowest BCUT2D eigenvalue weighted by atomic mass is 10.1. The second-order valence-corrected chi connectivity index (χ2v) is 4.70. The van der Waals surface area contributed by atoms with E-state index in [0.29, 0.717) is 37.0 Å². The molecule has 0 radical (unpaired) electrons. The fourth-order valence-corrected chi connectivity index (χ4v) is 1.89. The summed E-state index contributed by atoms with van der Waals surface area (Å²) < 4.78 is 9.61. The molecule has 1 aromatic rings. The van der Waals surface area contributed by atoms with E-state index in [4.69, 9.17) is 4.74 Å². The molecule has 0 aliphatic rings. The predicted octanol–water partition coefficient (Wildman–Crippen LogP) is 1.73. The molecule has 0 spiro atoms. The summed E-state index contributed by atoms with van der Waals surface area (Å²) in [6, 6.07) is 6.81. The van der Waals surface area contributed by atoms with Crippen molar-refractivity contribution in [2.24, 2.45) is 0 Å². The van der Waals surface area contributed by atoms with E-state index in [1.807, 2.05) is 0 Å². The number of Topliss-reactive ketones (excluding diaryl/α,β-unsaturated/α-hetero) is 1. The first-order chi connectivity index (χ1) is 10.6. The van der Waals surface area contributed by atoms with Crippen molar-refractivity contribution in [3.05, 3.63) is 29.8 Å². The van der Waals surface area contributed by atoms with Crippen molar-refractivity contribution in [3.8, 4) is 5.75 Å². The zero-order valence-electron chi connectivity index (χ0n) is 12.9. The fraction of sp³-hybridized carbons (Fsp3) is 0.438. The van der Waals surface area contributed by atoms with Crippen LogP contribution in [0.5, 0.6) is 5.75 Å². The normalized spacial score (nSPS) is 9.91. The minimum Gasteiger partial charge on any atom is -0.496 e. The quantitative estimate of drug-likeness (QED) is 0.555. The Morgan fingerprint density at radius 1 is 1.05 bits per heavy atom. The van der Waals surface area contributed by atoms with Gasteiger partial charge in [0, 0.05) is 12.8 Å². The summed E-state index contributed by atoms with van der Waals surface area (Å²) in [6.45, 7) is -0.0326. The van der Waals surface area contributed by atoms with Gasteiger partial charge in [0.15, 0.2) is 5.78 Å². The van der Waals surface area contributed by atoms with E-state index in [1.54, 1.807) is 24.3 Å². The maximum Gasteiger partial charge on any atom is 0.305 e. The summed E-state index contributed by atoms with van der Waals surface area (Å²) in [5.74, 6) is -0.240. The second-order valence-electron chi connectivity index (χ2n) is 4.70. The first-order valence-corrected chi connectivity index (χ1v) is 7.08. The highest BCUT2D eigenvalue weighted by Crippen LogP contribution is 2.16. The predicted molar refractivity (Wildman–Crippen MR) is 80.8 cm³/mol. The Balaban J connectivity index is 2.31. The van der Waals surface area contributed by atoms with Crippen molar-refractivity contribution in [2.45, 2.75) is 25.7 Å². The van der Waals surface area contributed by atoms with Crippen LogP contribution in [0, 0.1) is 0 Å². The largest absolute Gasteiger partial charge is 0.496 e. The number of carbonyl (C=O) groups is 3. The molecular formula is C16H21NO5. The molecule has 6 heteroatoms. The number of esters is 1. The summed E-state index contributed by atoms with van der Waals surface area (Å²) >= 11 is 0. The van der Waals surface area contributed by atoms with Crippen LogP contribution in [0.4, 0.5) is 0 Å². The van der Waals surface area contributed by atoms with E-state index < -0.39 is 0 Å². The highest BCUT2D eigenvalue weighted by atomic mass is 16.5. The summed E-state index contributed by atoms with van der Waals surface area (Å²) in [6.07, 6.45) is 1.82. The summed E-state index contributed by atoms with van der Waals surface area (Å²) in [5.41, 5.74) is 0.392. The van der Waals surface area contributed by atoms with Crippen LogP contribution < -0.4 is 10.1 Å². The van der Waals surface area contributed by atoms with Gasteiger partial charge in [-0.15, -0.1) is 0 Å². The van der Waals surface area contributed by atoms with Crippen LogP contribution >= 0.6 is 0 Å². The molecule has 1 amide bonds. The molecule has 0 aliphatic carbocycles. The van der Waals surface area contributed by atoms with Gasteiger partial charge in [-0.05, 0) is 25.0 Å². The zero-order valence-corrected chi connectivity index (χ0v) is 12.9. The number of ketones is 1. The number of unbranched alkanes of at least 4 members (excludes halogenated alkanes) is 1. The Bertz CT molecular complexity index is 527. The third-order valence-electron chi connectivity index (χ3n) is 3.11. The van der Waals surface area contributed by atoms with Gasteiger partial charge in [0.2, 0.25) is 0 Å². The van der Waals surface area contributed by atoms with Crippen LogP contribution in [0.1, 0.15) is 36.0 Å². The summed E-state index contributed by atoms with van der Waals surface area (Å²) in [7, 11) is 2.82. The average molecular weight is 307 g/mol. The van der Waals surface area contributed by atoms with Crippen molar-refractivity contribution in [1.29, 1.82) is 0 Å². The zero-order chi connectivity index (χ0) is 16.4. The monoisotopic (exact) mass is 307 g/mol. The molecule has 0 unspecified atom stereocenters. The van der Waals surface area contributed by atoms with E-state index in [2.05, 4.69) is 10.1 Å². The Labute approximate surface area is 129 Å². The third kappa shape index (κ3) is 5.95. The van der Waals surface area contributed by atoms with Gasteiger partial charge in [0.1, 0.15) is 5.75 Å². The second kappa shape index (κ2) is 9.55. The standard InChI is InChI=1S/C16H21NO5/c1-21-14-9-5-4-8-13(14)16(20)17-11-12(18)7-3-6-10-15(19)22-2/h4-5,8-9H,3,6-7,10-11H2,1-2H3,(H,17,20). The highest BCUT2D eigenvalue weighted by Gasteiger charge is 2.12. The van der Waals surface area contributed by atoms with Gasteiger partial charge in [0.05, 0.1) is 26.3 Å². The Morgan fingerprint density at radius 2 is 1.73 bits per heavy atom. The lowest BCUT2D eigenvalue weighted by Gasteiger charge is -2.08. The number of ether oxygens (including phenoxy) is 2. The van der Waals surface area contributed by atoms with Gasteiger partial charge in [0.25, 0.3) is 5.91 Å². The number of hydrogen-bond donors (Lipinski definition) is 1. The number of amides is 1. The van der Waals surface area contributed by atoms with Crippen molar-refractivity contribution in [3.63, 3.8) is 0 Å². The molecule has 1 rings (SSSR count). The van der Waals surface area contributed by atoms with E-state index in [-0.39, 0.29) is 24.2 Å². The van der Waals surface area contributed by atoms with Crippen molar-refractivity contribution in [1.82, 2.24) is 5.32 Å². The maximum atomic E-state index is 12.0. The van der Waals surface area contributed by atoms with Crippen molar-refractivity contribution >= 4 is 17.7 Å². The van der Waals surface area contributed by atoms with Crippen LogP contribution in [-0.2, 0) is 14.3 Å². The Hall–Kier alpha value is -2.37. The number of rotatable bonds is 9. The summed E-state index contributed by atoms with van der Waals surface area (Å²) in [5, 5.41) is 2.57. The van der Waals surface area contributed by atoms with Crippen molar-refractivity contribution < 1.29 is 23.9 Å². The molecule has 1 N–H and O–H groups in total. The SMILES string of the molecule is COC(=O)CCCCC(=O)CNC(=O)c1ccccc1OC. The lowest BCUT2D eigenvalue weighted by Crippen LogP contribution is -2.29. The molecule has 120 valence electrons. The number of para-hydroxylation sites is 1. The molecule has 6 nitrogen and oxygen atoms in total. The molecule has 0 fully saturated rings. The molecule has 0 aromatic heterocycles. The first-order valence-electron chi connectivity index (χ1n) is 7.08. The maximum absolute atomic E-state index is 12.0.